The van der Waals surface area contributed by atoms with Crippen LogP contribution in [0.3, 0.4) is 0 Å². The van der Waals surface area contributed by atoms with Crippen molar-refractivity contribution in [1.82, 2.24) is 0 Å². The molecule has 0 fully saturated rings. The van der Waals surface area contributed by atoms with E-state index in [9.17, 15) is 25.3 Å². The zero-order valence-corrected chi connectivity index (χ0v) is 21.4. The second-order valence-electron chi connectivity index (χ2n) is 7.09. The summed E-state index contributed by atoms with van der Waals surface area (Å²) in [5.41, 5.74) is 2.29. The van der Waals surface area contributed by atoms with Crippen molar-refractivity contribution < 1.29 is 25.3 Å². The zero-order valence-electron chi connectivity index (χ0n) is 17.0. The molecule has 0 aliphatic carbocycles. The van der Waals surface area contributed by atoms with Crippen molar-refractivity contribution >= 4 is 35.5 Å². The van der Waals surface area contributed by atoms with Crippen LogP contribution >= 0.6 is 0 Å². The topological polar surface area (TPSA) is 102 Å². The fraction of sp³-hybridized carbons (Fsp3) is 0.143. The van der Waals surface area contributed by atoms with Crippen LogP contribution in [0.25, 0.3) is 0 Å². The Labute approximate surface area is 184 Å². The first-order valence-electron chi connectivity index (χ1n) is 9.12. The summed E-state index contributed by atoms with van der Waals surface area (Å²) in [6, 6.07) is 16.6. The summed E-state index contributed by atoms with van der Waals surface area (Å²) in [5, 5.41) is 0. The van der Waals surface area contributed by atoms with Crippen molar-refractivity contribution in [2.24, 2.45) is 0 Å². The maximum absolute atomic E-state index is 13.5. The van der Waals surface area contributed by atoms with Gasteiger partial charge in [0, 0.05) is 0 Å². The number of aryl methyl sites for hydroxylation is 3. The van der Waals surface area contributed by atoms with E-state index in [1.165, 1.54) is 72.8 Å². The van der Waals surface area contributed by atoms with Crippen LogP contribution in [0.5, 0.6) is 0 Å². The van der Waals surface area contributed by atoms with E-state index >= 15 is 0 Å². The second kappa shape index (κ2) is 8.54. The SMILES string of the molecule is Cc1ccc(S(=O)(=O)[As](S(=O)(=O)c2ccc(C)cc2)S(=O)(=O)c2ccc(C)cc2)cc1. The van der Waals surface area contributed by atoms with Gasteiger partial charge in [-0.1, -0.05) is 0 Å². The fourth-order valence-corrected chi connectivity index (χ4v) is 36.1. The standard InChI is InChI=1S/C21H21AsO6S3/c1-16-4-10-19(11-5-16)29(23,24)22(30(25,26)20-12-6-17(2)7-13-20)31(27,28)21-14-8-18(3)9-15-21/h4-15H,1-3H3. The Bertz CT molecular complexity index is 1230. The van der Waals surface area contributed by atoms with Gasteiger partial charge in [0.2, 0.25) is 0 Å². The zero-order chi connectivity index (χ0) is 23.0. The maximum atomic E-state index is 13.5. The monoisotopic (exact) mass is 540 g/mol. The summed E-state index contributed by atoms with van der Waals surface area (Å²) >= 11 is -4.77. The first kappa shape index (κ1) is 23.7. The molecule has 0 heterocycles. The van der Waals surface area contributed by atoms with Crippen LogP contribution in [-0.4, -0.2) is 36.4 Å². The molecule has 3 rings (SSSR count). The summed E-state index contributed by atoms with van der Waals surface area (Å²) < 4.78 is 81.1. The van der Waals surface area contributed by atoms with Crippen LogP contribution in [0.1, 0.15) is 16.7 Å². The van der Waals surface area contributed by atoms with Crippen LogP contribution in [0.2, 0.25) is 0 Å². The molecule has 10 heteroatoms. The predicted molar refractivity (Wildman–Crippen MR) is 121 cm³/mol. The van der Waals surface area contributed by atoms with Crippen molar-refractivity contribution in [3.8, 4) is 0 Å². The summed E-state index contributed by atoms with van der Waals surface area (Å²) in [6.45, 7) is 5.24. The molecule has 0 N–H and O–H groups in total. The number of benzene rings is 3. The van der Waals surface area contributed by atoms with E-state index in [-0.39, 0.29) is 14.7 Å². The number of hydrogen-bond donors (Lipinski definition) is 0. The second-order valence-corrected chi connectivity index (χ2v) is 30.7. The van der Waals surface area contributed by atoms with E-state index in [4.69, 9.17) is 0 Å². The molecule has 0 saturated carbocycles. The van der Waals surface area contributed by atoms with Crippen molar-refractivity contribution in [2.45, 2.75) is 35.5 Å². The Kier molecular flexibility index (Phi) is 6.54. The van der Waals surface area contributed by atoms with E-state index in [2.05, 4.69) is 0 Å². The molecule has 0 radical (unpaired) electrons. The molecule has 0 aliphatic heterocycles. The molecule has 0 saturated heterocycles. The molecule has 0 bridgehead atoms. The van der Waals surface area contributed by atoms with Crippen molar-refractivity contribution in [1.29, 1.82) is 0 Å². The van der Waals surface area contributed by atoms with Crippen LogP contribution < -0.4 is 0 Å². The molecule has 0 atom stereocenters. The fourth-order valence-electron chi connectivity index (χ4n) is 2.78. The number of rotatable bonds is 6. The van der Waals surface area contributed by atoms with Crippen LogP contribution in [0.4, 0.5) is 0 Å². The Hall–Kier alpha value is -1.93. The average Bonchev–Trinajstić information content (AvgIpc) is 2.68. The molecule has 0 spiro atoms. The molecule has 31 heavy (non-hydrogen) atoms. The molecular weight excluding hydrogens is 519 g/mol. The van der Waals surface area contributed by atoms with E-state index in [0.29, 0.717) is 0 Å². The van der Waals surface area contributed by atoms with Crippen LogP contribution in [-0.2, 0) is 24.3 Å². The molecule has 0 aromatic heterocycles. The van der Waals surface area contributed by atoms with Gasteiger partial charge in [-0.25, -0.2) is 0 Å². The van der Waals surface area contributed by atoms with Gasteiger partial charge in [0.25, 0.3) is 0 Å². The van der Waals surface area contributed by atoms with Gasteiger partial charge in [-0.3, -0.25) is 0 Å². The third-order valence-electron chi connectivity index (χ3n) is 4.55. The molecular formula is C21H21AsO6S3. The average molecular weight is 541 g/mol. The molecule has 0 unspecified atom stereocenters. The molecule has 3 aromatic carbocycles. The van der Waals surface area contributed by atoms with E-state index < -0.39 is 35.5 Å². The first-order chi connectivity index (χ1) is 14.4. The van der Waals surface area contributed by atoms with Crippen LogP contribution in [0, 0.1) is 20.8 Å². The molecule has 6 nitrogen and oxygen atoms in total. The molecule has 0 aliphatic rings. The predicted octanol–water partition coefficient (Wildman–Crippen LogP) is 3.32. The molecule has 3 aromatic rings. The van der Waals surface area contributed by atoms with Gasteiger partial charge in [-0.2, -0.15) is 0 Å². The van der Waals surface area contributed by atoms with Crippen molar-refractivity contribution in [2.75, 3.05) is 0 Å². The van der Waals surface area contributed by atoms with Gasteiger partial charge in [0.05, 0.1) is 0 Å². The molecule has 0 amide bonds. The first-order valence-corrected chi connectivity index (χ1v) is 20.3. The Morgan fingerprint density at radius 2 is 0.613 bits per heavy atom. The van der Waals surface area contributed by atoms with E-state index in [1.807, 2.05) is 0 Å². The minimum absolute atomic E-state index is 0.315. The third kappa shape index (κ3) is 4.65. The third-order valence-corrected chi connectivity index (χ3v) is 38.1. The summed E-state index contributed by atoms with van der Waals surface area (Å²) in [6.07, 6.45) is 0. The summed E-state index contributed by atoms with van der Waals surface area (Å²) in [4.78, 5) is -0.946. The van der Waals surface area contributed by atoms with Gasteiger partial charge in [0.15, 0.2) is 0 Å². The van der Waals surface area contributed by atoms with Gasteiger partial charge >= 0.3 is 186 Å². The summed E-state index contributed by atoms with van der Waals surface area (Å²) in [5.74, 6) is 0. The van der Waals surface area contributed by atoms with Gasteiger partial charge < -0.3 is 0 Å². The van der Waals surface area contributed by atoms with E-state index in [1.54, 1.807) is 20.8 Å². The Morgan fingerprint density at radius 1 is 0.419 bits per heavy atom. The molecule has 164 valence electrons. The van der Waals surface area contributed by atoms with Crippen LogP contribution in [0.15, 0.2) is 87.5 Å². The van der Waals surface area contributed by atoms with E-state index in [0.717, 1.165) is 16.7 Å². The number of hydrogen-bond acceptors (Lipinski definition) is 6. The summed E-state index contributed by atoms with van der Waals surface area (Å²) in [7, 11) is -14.0. The Morgan fingerprint density at radius 3 is 0.806 bits per heavy atom. The minimum atomic E-state index is -4.77. The quantitative estimate of drug-likeness (QED) is 0.445. The Balaban J connectivity index is 2.32. The normalized spacial score (nSPS) is 12.8. The van der Waals surface area contributed by atoms with Gasteiger partial charge in [-0.05, 0) is 0 Å². The van der Waals surface area contributed by atoms with Gasteiger partial charge in [0.1, 0.15) is 0 Å². The van der Waals surface area contributed by atoms with Gasteiger partial charge in [-0.15, -0.1) is 0 Å². The van der Waals surface area contributed by atoms with Crippen molar-refractivity contribution in [3.63, 3.8) is 0 Å². The van der Waals surface area contributed by atoms with Crippen molar-refractivity contribution in [3.05, 3.63) is 89.5 Å².